The van der Waals surface area contributed by atoms with E-state index in [1.165, 1.54) is 0 Å². The Morgan fingerprint density at radius 2 is 2.00 bits per heavy atom. The van der Waals surface area contributed by atoms with Gasteiger partial charge in [0.05, 0.1) is 11.6 Å². The number of carbonyl (C=O) groups excluding carboxylic acids is 2. The number of hydrogen-bond acceptors (Lipinski definition) is 3. The van der Waals surface area contributed by atoms with Gasteiger partial charge in [-0.15, -0.1) is 0 Å². The highest BCUT2D eigenvalue weighted by molar-refractivity contribution is 9.10. The van der Waals surface area contributed by atoms with Crippen LogP contribution in [-0.2, 0) is 9.53 Å². The lowest BCUT2D eigenvalue weighted by Crippen LogP contribution is -2.46. The van der Waals surface area contributed by atoms with Crippen molar-refractivity contribution in [1.29, 1.82) is 0 Å². The Labute approximate surface area is 151 Å². The van der Waals surface area contributed by atoms with Crippen LogP contribution in [0.15, 0.2) is 40.0 Å². The fourth-order valence-electron chi connectivity index (χ4n) is 2.30. The molecule has 0 radical (unpaired) electrons. The predicted molar refractivity (Wildman–Crippen MR) is 96.3 cm³/mol. The smallest absolute Gasteiger partial charge is 0.338 e. The van der Waals surface area contributed by atoms with Crippen LogP contribution in [-0.4, -0.2) is 18.1 Å². The van der Waals surface area contributed by atoms with Gasteiger partial charge in [-0.3, -0.25) is 0 Å². The van der Waals surface area contributed by atoms with Gasteiger partial charge in [0.2, 0.25) is 0 Å². The lowest BCUT2D eigenvalue weighted by molar-refractivity contribution is -0.149. The molecule has 2 N–H and O–H groups in total. The highest BCUT2D eigenvalue weighted by Gasteiger charge is 2.34. The second-order valence-corrected chi connectivity index (χ2v) is 7.95. The third-order valence-electron chi connectivity index (χ3n) is 4.17. The van der Waals surface area contributed by atoms with Crippen LogP contribution >= 0.6 is 15.9 Å². The van der Waals surface area contributed by atoms with Gasteiger partial charge < -0.3 is 15.4 Å². The van der Waals surface area contributed by atoms with E-state index in [0.717, 1.165) is 10.0 Å². The van der Waals surface area contributed by atoms with E-state index in [1.807, 2.05) is 52.0 Å². The van der Waals surface area contributed by atoms with Gasteiger partial charge in [-0.25, -0.2) is 9.59 Å². The minimum atomic E-state index is -0.545. The van der Waals surface area contributed by atoms with Gasteiger partial charge >= 0.3 is 12.0 Å². The molecule has 24 heavy (non-hydrogen) atoms. The molecule has 0 aliphatic carbocycles. The molecule has 130 valence electrons. The second-order valence-electron chi connectivity index (χ2n) is 7.04. The van der Waals surface area contributed by atoms with Gasteiger partial charge in [-0.1, -0.05) is 48.8 Å². The standard InChI is InChI=1S/C18H23BrN2O3/c1-10-14(16(22)24-11(2)18(3,4)5)15(21-17(23)20-10)12-7-6-8-13(19)9-12/h6-9,11,15H,1-5H3,(H2,20,21,23)/t11-,15-/m0/s1. The predicted octanol–water partition coefficient (Wildman–Crippen LogP) is 4.05. The Kier molecular flexibility index (Phi) is 5.38. The molecule has 5 nitrogen and oxygen atoms in total. The number of allylic oxidation sites excluding steroid dienone is 1. The first-order chi connectivity index (χ1) is 11.1. The van der Waals surface area contributed by atoms with Crippen molar-refractivity contribution in [3.63, 3.8) is 0 Å². The maximum Gasteiger partial charge on any atom is 0.338 e. The average molecular weight is 395 g/mol. The molecule has 0 saturated heterocycles. The molecular weight excluding hydrogens is 372 g/mol. The first kappa shape index (κ1) is 18.5. The number of ether oxygens (including phenoxy) is 1. The third-order valence-corrected chi connectivity index (χ3v) is 4.67. The van der Waals surface area contributed by atoms with Crippen LogP contribution in [0.3, 0.4) is 0 Å². The molecule has 1 aliphatic rings. The van der Waals surface area contributed by atoms with E-state index in [0.29, 0.717) is 11.3 Å². The SMILES string of the molecule is CC1=C(C(=O)O[C@@H](C)C(C)(C)C)[C@H](c2cccc(Br)c2)NC(=O)N1. The monoisotopic (exact) mass is 394 g/mol. The summed E-state index contributed by atoms with van der Waals surface area (Å²) in [6.45, 7) is 9.62. The van der Waals surface area contributed by atoms with Crippen molar-refractivity contribution in [1.82, 2.24) is 10.6 Å². The molecule has 1 aromatic carbocycles. The van der Waals surface area contributed by atoms with Crippen LogP contribution in [0.2, 0.25) is 0 Å². The van der Waals surface area contributed by atoms with Crippen molar-refractivity contribution in [2.75, 3.05) is 0 Å². The van der Waals surface area contributed by atoms with Gasteiger partial charge in [-0.2, -0.15) is 0 Å². The van der Waals surface area contributed by atoms with Gasteiger partial charge in [0, 0.05) is 10.2 Å². The van der Waals surface area contributed by atoms with Crippen LogP contribution in [0.1, 0.15) is 46.2 Å². The number of halogens is 1. The molecule has 1 aromatic rings. The van der Waals surface area contributed by atoms with Crippen LogP contribution in [0.4, 0.5) is 4.79 Å². The van der Waals surface area contributed by atoms with Crippen LogP contribution in [0.5, 0.6) is 0 Å². The Bertz CT molecular complexity index is 692. The highest BCUT2D eigenvalue weighted by Crippen LogP contribution is 2.31. The summed E-state index contributed by atoms with van der Waals surface area (Å²) in [5, 5.41) is 5.46. The van der Waals surface area contributed by atoms with Crippen molar-refractivity contribution in [3.05, 3.63) is 45.6 Å². The van der Waals surface area contributed by atoms with E-state index in [1.54, 1.807) is 6.92 Å². The van der Waals surface area contributed by atoms with Crippen molar-refractivity contribution in [2.24, 2.45) is 5.41 Å². The van der Waals surface area contributed by atoms with Gasteiger partial charge in [0.15, 0.2) is 0 Å². The highest BCUT2D eigenvalue weighted by atomic mass is 79.9. The molecule has 1 heterocycles. The minimum absolute atomic E-state index is 0.166. The fraction of sp³-hybridized carbons (Fsp3) is 0.444. The molecule has 0 unspecified atom stereocenters. The van der Waals surface area contributed by atoms with Crippen molar-refractivity contribution >= 4 is 27.9 Å². The number of rotatable bonds is 3. The first-order valence-corrected chi connectivity index (χ1v) is 8.63. The van der Waals surface area contributed by atoms with Gasteiger partial charge in [0.1, 0.15) is 6.10 Å². The number of benzene rings is 1. The summed E-state index contributed by atoms with van der Waals surface area (Å²) in [6.07, 6.45) is -0.258. The fourth-order valence-corrected chi connectivity index (χ4v) is 2.72. The van der Waals surface area contributed by atoms with Crippen molar-refractivity contribution in [3.8, 4) is 0 Å². The van der Waals surface area contributed by atoms with E-state index in [-0.39, 0.29) is 17.6 Å². The molecule has 0 fully saturated rings. The van der Waals surface area contributed by atoms with Crippen molar-refractivity contribution < 1.29 is 14.3 Å². The zero-order valence-electron chi connectivity index (χ0n) is 14.6. The summed E-state index contributed by atoms with van der Waals surface area (Å²) in [6, 6.07) is 6.62. The zero-order valence-corrected chi connectivity index (χ0v) is 16.2. The number of nitrogens with one attached hydrogen (secondary N) is 2. The van der Waals surface area contributed by atoms with Crippen LogP contribution in [0.25, 0.3) is 0 Å². The second kappa shape index (κ2) is 6.97. The normalized spacial score (nSPS) is 19.4. The molecular formula is C18H23BrN2O3. The summed E-state index contributed by atoms with van der Waals surface area (Å²) in [5.74, 6) is -0.424. The van der Waals surface area contributed by atoms with Gasteiger partial charge in [-0.05, 0) is 37.0 Å². The van der Waals surface area contributed by atoms with Gasteiger partial charge in [0.25, 0.3) is 0 Å². The maximum atomic E-state index is 12.8. The molecule has 0 bridgehead atoms. The van der Waals surface area contributed by atoms with E-state index in [9.17, 15) is 9.59 Å². The number of carbonyl (C=O) groups is 2. The van der Waals surface area contributed by atoms with E-state index >= 15 is 0 Å². The largest absolute Gasteiger partial charge is 0.459 e. The summed E-state index contributed by atoms with van der Waals surface area (Å²) in [4.78, 5) is 24.6. The van der Waals surface area contributed by atoms with Crippen molar-refractivity contribution in [2.45, 2.75) is 46.8 Å². The maximum absolute atomic E-state index is 12.8. The average Bonchev–Trinajstić information content (AvgIpc) is 2.45. The number of hydrogen-bond donors (Lipinski definition) is 2. The Morgan fingerprint density at radius 1 is 1.33 bits per heavy atom. The molecule has 6 heteroatoms. The molecule has 2 atom stereocenters. The van der Waals surface area contributed by atoms with E-state index in [4.69, 9.17) is 4.74 Å². The third kappa shape index (κ3) is 4.17. The molecule has 0 saturated carbocycles. The Morgan fingerprint density at radius 3 is 2.58 bits per heavy atom. The van der Waals surface area contributed by atoms with Crippen LogP contribution < -0.4 is 10.6 Å². The summed E-state index contributed by atoms with van der Waals surface area (Å²) in [5.41, 5.74) is 1.58. The summed E-state index contributed by atoms with van der Waals surface area (Å²) < 4.78 is 6.52. The first-order valence-electron chi connectivity index (χ1n) is 7.84. The minimum Gasteiger partial charge on any atom is -0.459 e. The molecule has 0 aromatic heterocycles. The number of amides is 2. The summed E-state index contributed by atoms with van der Waals surface area (Å²) in [7, 11) is 0. The van der Waals surface area contributed by atoms with E-state index < -0.39 is 12.0 Å². The summed E-state index contributed by atoms with van der Waals surface area (Å²) >= 11 is 3.42. The Hall–Kier alpha value is -1.82. The van der Waals surface area contributed by atoms with E-state index in [2.05, 4.69) is 26.6 Å². The van der Waals surface area contributed by atoms with Crippen LogP contribution in [0, 0.1) is 5.41 Å². The molecule has 1 aliphatic heterocycles. The lowest BCUT2D eigenvalue weighted by Gasteiger charge is -2.31. The number of esters is 1. The molecule has 2 rings (SSSR count). The zero-order chi connectivity index (χ0) is 18.1. The lowest BCUT2D eigenvalue weighted by atomic mass is 9.90. The topological polar surface area (TPSA) is 67.4 Å². The quantitative estimate of drug-likeness (QED) is 0.759. The Balaban J connectivity index is 2.37. The molecule has 0 spiro atoms. The number of urea groups is 1. The molecule has 2 amide bonds.